The van der Waals surface area contributed by atoms with Crippen molar-refractivity contribution in [2.24, 2.45) is 0 Å². The van der Waals surface area contributed by atoms with Crippen LogP contribution in [0, 0.1) is 0 Å². The summed E-state index contributed by atoms with van der Waals surface area (Å²) in [6, 6.07) is 0. The first kappa shape index (κ1) is 30.1. The van der Waals surface area contributed by atoms with E-state index in [1.54, 1.807) is 0 Å². The number of rotatable bonds is 21. The zero-order valence-corrected chi connectivity index (χ0v) is 22.7. The number of hydrogen-bond donors (Lipinski definition) is 2. The summed E-state index contributed by atoms with van der Waals surface area (Å²) in [5.74, 6) is 0. The molecule has 0 rings (SSSR count). The first-order valence-electron chi connectivity index (χ1n) is 11.8. The fourth-order valence-corrected chi connectivity index (χ4v) is 7.85. The molecule has 0 radical (unpaired) electrons. The molecular formula is C20H48N2O6Si2. The first-order valence-corrected chi connectivity index (χ1v) is 15.2. The average molecular weight is 469 g/mol. The van der Waals surface area contributed by atoms with Gasteiger partial charge in [0.1, 0.15) is 0 Å². The van der Waals surface area contributed by atoms with Gasteiger partial charge in [0, 0.05) is 51.7 Å². The second-order valence-electron chi connectivity index (χ2n) is 7.13. The van der Waals surface area contributed by atoms with Gasteiger partial charge in [0.15, 0.2) is 0 Å². The van der Waals surface area contributed by atoms with Crippen LogP contribution in [0.25, 0.3) is 0 Å². The van der Waals surface area contributed by atoms with Crippen LogP contribution in [0.2, 0.25) is 0 Å². The summed E-state index contributed by atoms with van der Waals surface area (Å²) in [7, 11) is -5.94. The van der Waals surface area contributed by atoms with E-state index < -0.39 is 17.9 Å². The van der Waals surface area contributed by atoms with Crippen molar-refractivity contribution < 1.29 is 26.6 Å². The third-order valence-corrected chi connectivity index (χ3v) is 9.71. The third-order valence-electron chi connectivity index (χ3n) is 4.25. The highest BCUT2D eigenvalue weighted by Crippen LogP contribution is 2.14. The minimum atomic E-state index is -2.97. The average Bonchev–Trinajstić information content (AvgIpc) is 2.66. The summed E-state index contributed by atoms with van der Waals surface area (Å²) in [5.41, 5.74) is 0. The molecular weight excluding hydrogens is 420 g/mol. The lowest BCUT2D eigenvalue weighted by atomic mass is 10.2. The lowest BCUT2D eigenvalue weighted by Gasteiger charge is -2.33. The van der Waals surface area contributed by atoms with Crippen LogP contribution in [0.1, 0.15) is 81.1 Å². The Morgan fingerprint density at radius 3 is 1.10 bits per heavy atom. The van der Waals surface area contributed by atoms with Crippen molar-refractivity contribution in [1.29, 1.82) is 0 Å². The molecule has 0 aliphatic carbocycles. The van der Waals surface area contributed by atoms with Crippen molar-refractivity contribution in [3.63, 3.8) is 0 Å². The summed E-state index contributed by atoms with van der Waals surface area (Å²) in [6.45, 7) is 19.5. The van der Waals surface area contributed by atoms with Crippen LogP contribution >= 0.6 is 0 Å². The smallest absolute Gasteiger partial charge is 0.361 e. The minimum Gasteiger partial charge on any atom is -0.361 e. The molecule has 10 heteroatoms. The summed E-state index contributed by atoms with van der Waals surface area (Å²) in [4.78, 5) is 6.85. The zero-order valence-electron chi connectivity index (χ0n) is 20.7. The van der Waals surface area contributed by atoms with Crippen LogP contribution < -0.4 is 9.96 Å². The fraction of sp³-hybridized carbons (Fsp3) is 1.00. The van der Waals surface area contributed by atoms with Gasteiger partial charge in [0.25, 0.3) is 0 Å². The Kier molecular flexibility index (Phi) is 17.7. The van der Waals surface area contributed by atoms with Crippen molar-refractivity contribution in [3.8, 4) is 0 Å². The van der Waals surface area contributed by atoms with Crippen molar-refractivity contribution in [1.82, 2.24) is 9.96 Å². The monoisotopic (exact) mass is 468 g/mol. The van der Waals surface area contributed by atoms with Crippen LogP contribution in [0.3, 0.4) is 0 Å². The molecule has 2 N–H and O–H groups in total. The van der Waals surface area contributed by atoms with Crippen molar-refractivity contribution in [2.75, 3.05) is 39.5 Å². The molecule has 8 nitrogen and oxygen atoms in total. The second kappa shape index (κ2) is 17.6. The van der Waals surface area contributed by atoms with Crippen LogP contribution in [-0.2, 0) is 26.6 Å². The van der Waals surface area contributed by atoms with Gasteiger partial charge in [0.2, 0.25) is 0 Å². The van der Waals surface area contributed by atoms with E-state index in [1.165, 1.54) is 0 Å². The van der Waals surface area contributed by atoms with E-state index in [2.05, 4.69) is 37.7 Å². The van der Waals surface area contributed by atoms with Gasteiger partial charge in [-0.2, -0.15) is 0 Å². The molecule has 2 atom stereocenters. The lowest BCUT2D eigenvalue weighted by molar-refractivity contribution is 0.0209. The molecule has 0 aliphatic rings. The highest BCUT2D eigenvalue weighted by atomic mass is 28.4. The van der Waals surface area contributed by atoms with E-state index in [4.69, 9.17) is 26.6 Å². The molecule has 0 bridgehead atoms. The van der Waals surface area contributed by atoms with Crippen LogP contribution in [0.4, 0.5) is 0 Å². The van der Waals surface area contributed by atoms with E-state index in [0.717, 1.165) is 25.7 Å². The van der Waals surface area contributed by atoms with Crippen LogP contribution in [-0.4, -0.2) is 69.7 Å². The maximum Gasteiger partial charge on any atom is 0.597 e. The minimum absolute atomic E-state index is 0.0683. The van der Waals surface area contributed by atoms with Crippen molar-refractivity contribution in [3.05, 3.63) is 0 Å². The van der Waals surface area contributed by atoms with E-state index in [9.17, 15) is 0 Å². The van der Waals surface area contributed by atoms with Gasteiger partial charge in [-0.15, -0.1) is 0 Å². The topological polar surface area (TPSA) is 79.4 Å². The predicted octanol–water partition coefficient (Wildman–Crippen LogP) is 3.59. The van der Waals surface area contributed by atoms with Gasteiger partial charge < -0.3 is 26.6 Å². The molecule has 0 saturated heterocycles. The molecule has 2 unspecified atom stereocenters. The van der Waals surface area contributed by atoms with Crippen LogP contribution in [0.15, 0.2) is 0 Å². The molecule has 0 heterocycles. The molecule has 0 spiro atoms. The van der Waals surface area contributed by atoms with Crippen molar-refractivity contribution >= 4 is 17.9 Å². The Hall–Kier alpha value is 0.114. The SMILES string of the molecule is CCCC(C)O[Si](NCCN[Si](OCC)(OCC)OC(C)CCC)(OCC)OCC. The van der Waals surface area contributed by atoms with E-state index in [-0.39, 0.29) is 12.2 Å². The van der Waals surface area contributed by atoms with Gasteiger partial charge in [0.05, 0.1) is 0 Å². The van der Waals surface area contributed by atoms with E-state index in [0.29, 0.717) is 39.5 Å². The summed E-state index contributed by atoms with van der Waals surface area (Å²) < 4.78 is 36.4. The van der Waals surface area contributed by atoms with Crippen molar-refractivity contribution in [2.45, 2.75) is 93.3 Å². The van der Waals surface area contributed by atoms with Gasteiger partial charge in [-0.1, -0.05) is 26.7 Å². The molecule has 182 valence electrons. The van der Waals surface area contributed by atoms with Gasteiger partial charge in [-0.3, -0.25) is 9.96 Å². The first-order chi connectivity index (χ1) is 14.4. The molecule has 0 saturated carbocycles. The molecule has 0 aromatic rings. The summed E-state index contributed by atoms with van der Waals surface area (Å²) in [6.07, 6.45) is 4.16. The maximum atomic E-state index is 6.26. The third kappa shape index (κ3) is 12.2. The lowest BCUT2D eigenvalue weighted by Crippen LogP contribution is -2.64. The Bertz CT molecular complexity index is 361. The molecule has 0 fully saturated rings. The van der Waals surface area contributed by atoms with E-state index in [1.807, 2.05) is 27.7 Å². The van der Waals surface area contributed by atoms with Gasteiger partial charge in [-0.05, 0) is 54.4 Å². The Morgan fingerprint density at radius 2 is 0.867 bits per heavy atom. The summed E-state index contributed by atoms with van der Waals surface area (Å²) >= 11 is 0. The predicted molar refractivity (Wildman–Crippen MR) is 125 cm³/mol. The molecule has 30 heavy (non-hydrogen) atoms. The standard InChI is InChI=1S/C20H48N2O6Si2/c1-9-15-19(7)27-29(23-11-3,24-12-4)21-17-18-22-30(25-13-5,26-14-6)28-20(8)16-10-2/h19-22H,9-18H2,1-8H3. The Balaban J connectivity index is 5.07. The molecule has 0 aromatic heterocycles. The van der Waals surface area contributed by atoms with Gasteiger partial charge >= 0.3 is 17.9 Å². The number of nitrogens with one attached hydrogen (secondary N) is 2. The molecule has 0 amide bonds. The second-order valence-corrected chi connectivity index (χ2v) is 11.7. The fourth-order valence-electron chi connectivity index (χ4n) is 3.16. The highest BCUT2D eigenvalue weighted by Gasteiger charge is 2.45. The normalized spacial score (nSPS) is 14.8. The summed E-state index contributed by atoms with van der Waals surface area (Å²) in [5, 5.41) is 0. The quantitative estimate of drug-likeness (QED) is 0.195. The largest absolute Gasteiger partial charge is 0.597 e. The highest BCUT2D eigenvalue weighted by molar-refractivity contribution is 6.58. The Labute approximate surface area is 187 Å². The van der Waals surface area contributed by atoms with Crippen LogP contribution in [0.5, 0.6) is 0 Å². The molecule has 0 aliphatic heterocycles. The Morgan fingerprint density at radius 1 is 0.567 bits per heavy atom. The zero-order chi connectivity index (χ0) is 22.9. The number of hydrogen-bond acceptors (Lipinski definition) is 8. The molecule has 0 aromatic carbocycles. The van der Waals surface area contributed by atoms with Gasteiger partial charge in [-0.25, -0.2) is 0 Å². The maximum absolute atomic E-state index is 6.26. The van der Waals surface area contributed by atoms with E-state index >= 15 is 0 Å².